The highest BCUT2D eigenvalue weighted by Crippen LogP contribution is 2.19. The monoisotopic (exact) mass is 329 g/mol. The first kappa shape index (κ1) is 14.7. The summed E-state index contributed by atoms with van der Waals surface area (Å²) in [5, 5.41) is 13.3. The molecular weight excluding hydrogens is 314 g/mol. The van der Waals surface area contributed by atoms with Gasteiger partial charge in [0.15, 0.2) is 0 Å². The van der Waals surface area contributed by atoms with Crippen LogP contribution in [0.5, 0.6) is 0 Å². The number of hydrogen-bond donors (Lipinski definition) is 1. The van der Waals surface area contributed by atoms with E-state index in [4.69, 9.17) is 0 Å². The van der Waals surface area contributed by atoms with Gasteiger partial charge >= 0.3 is 0 Å². The van der Waals surface area contributed by atoms with Crippen LogP contribution in [0.3, 0.4) is 0 Å². The highest BCUT2D eigenvalue weighted by Gasteiger charge is 2.15. The van der Waals surface area contributed by atoms with Gasteiger partial charge in [0, 0.05) is 29.9 Å². The van der Waals surface area contributed by atoms with Crippen LogP contribution >= 0.6 is 22.7 Å². The number of carbonyl (C=O) groups excluding carboxylic acids is 1. The molecule has 22 heavy (non-hydrogen) atoms. The number of aromatic nitrogens is 2. The number of nitrogens with one attached hydrogen (secondary N) is 1. The molecule has 0 fully saturated rings. The number of rotatable bonds is 6. The van der Waals surface area contributed by atoms with Crippen LogP contribution < -0.4 is 5.32 Å². The van der Waals surface area contributed by atoms with E-state index in [0.717, 1.165) is 10.4 Å². The SMILES string of the molecule is O=C(/C=C/c1cccs1)NCC(c1ccsc1)n1cccn1. The second kappa shape index (κ2) is 7.20. The summed E-state index contributed by atoms with van der Waals surface area (Å²) < 4.78 is 1.87. The van der Waals surface area contributed by atoms with Crippen LogP contribution in [0, 0.1) is 0 Å². The minimum Gasteiger partial charge on any atom is -0.350 e. The molecule has 0 radical (unpaired) electrons. The van der Waals surface area contributed by atoms with Crippen LogP contribution in [0.2, 0.25) is 0 Å². The summed E-state index contributed by atoms with van der Waals surface area (Å²) in [4.78, 5) is 13.0. The van der Waals surface area contributed by atoms with Crippen molar-refractivity contribution in [1.82, 2.24) is 15.1 Å². The van der Waals surface area contributed by atoms with Crippen molar-refractivity contribution in [2.75, 3.05) is 6.54 Å². The molecule has 1 atom stereocenters. The van der Waals surface area contributed by atoms with Crippen LogP contribution in [0.4, 0.5) is 0 Å². The van der Waals surface area contributed by atoms with E-state index >= 15 is 0 Å². The van der Waals surface area contributed by atoms with Crippen LogP contribution in [-0.4, -0.2) is 22.2 Å². The van der Waals surface area contributed by atoms with Crippen molar-refractivity contribution in [2.45, 2.75) is 6.04 Å². The Morgan fingerprint density at radius 3 is 3.00 bits per heavy atom. The topological polar surface area (TPSA) is 46.9 Å². The van der Waals surface area contributed by atoms with E-state index in [-0.39, 0.29) is 11.9 Å². The summed E-state index contributed by atoms with van der Waals surface area (Å²) in [6, 6.07) is 7.90. The van der Waals surface area contributed by atoms with Gasteiger partial charge in [-0.3, -0.25) is 9.48 Å². The molecule has 3 heterocycles. The smallest absolute Gasteiger partial charge is 0.244 e. The third-order valence-corrected chi connectivity index (χ3v) is 4.72. The number of carbonyl (C=O) groups is 1. The average molecular weight is 329 g/mol. The molecule has 112 valence electrons. The number of nitrogens with zero attached hydrogens (tertiary/aromatic N) is 2. The Kier molecular flexibility index (Phi) is 4.82. The molecule has 4 nitrogen and oxygen atoms in total. The summed E-state index contributed by atoms with van der Waals surface area (Å²) in [5.41, 5.74) is 1.15. The minimum atomic E-state index is -0.0965. The fraction of sp³-hybridized carbons (Fsp3) is 0.125. The summed E-state index contributed by atoms with van der Waals surface area (Å²) in [7, 11) is 0. The molecule has 0 saturated heterocycles. The second-order valence-electron chi connectivity index (χ2n) is 4.65. The van der Waals surface area contributed by atoms with Gasteiger partial charge in [0.25, 0.3) is 0 Å². The minimum absolute atomic E-state index is 0.0142. The van der Waals surface area contributed by atoms with Crippen molar-refractivity contribution in [3.8, 4) is 0 Å². The summed E-state index contributed by atoms with van der Waals surface area (Å²) in [5.74, 6) is -0.0965. The summed E-state index contributed by atoms with van der Waals surface area (Å²) in [6.45, 7) is 0.506. The van der Waals surface area contributed by atoms with Crippen molar-refractivity contribution in [2.24, 2.45) is 0 Å². The largest absolute Gasteiger partial charge is 0.350 e. The maximum absolute atomic E-state index is 12.0. The van der Waals surface area contributed by atoms with Crippen molar-refractivity contribution >= 4 is 34.7 Å². The van der Waals surface area contributed by atoms with Gasteiger partial charge in [0.2, 0.25) is 5.91 Å². The zero-order valence-electron chi connectivity index (χ0n) is 11.8. The molecule has 0 spiro atoms. The van der Waals surface area contributed by atoms with Gasteiger partial charge in [-0.25, -0.2) is 0 Å². The van der Waals surface area contributed by atoms with E-state index in [1.165, 1.54) is 0 Å². The lowest BCUT2D eigenvalue weighted by Gasteiger charge is -2.16. The van der Waals surface area contributed by atoms with Gasteiger partial charge in [0.05, 0.1) is 6.04 Å². The first-order chi connectivity index (χ1) is 10.8. The van der Waals surface area contributed by atoms with Crippen LogP contribution in [-0.2, 0) is 4.79 Å². The standard InChI is InChI=1S/C16H15N3OS2/c20-16(5-4-14-3-1-9-22-14)17-11-15(13-6-10-21-12-13)19-8-2-7-18-19/h1-10,12,15H,11H2,(H,17,20)/b5-4+. The molecule has 1 unspecified atom stereocenters. The predicted octanol–water partition coefficient (Wildman–Crippen LogP) is 3.43. The Labute approximate surface area is 136 Å². The van der Waals surface area contributed by atoms with Gasteiger partial charge in [0.1, 0.15) is 0 Å². The second-order valence-corrected chi connectivity index (χ2v) is 6.41. The van der Waals surface area contributed by atoms with Gasteiger partial charge in [-0.15, -0.1) is 11.3 Å². The maximum atomic E-state index is 12.0. The van der Waals surface area contributed by atoms with Crippen molar-refractivity contribution in [3.63, 3.8) is 0 Å². The van der Waals surface area contributed by atoms with E-state index < -0.39 is 0 Å². The van der Waals surface area contributed by atoms with E-state index in [2.05, 4.69) is 21.9 Å². The molecule has 0 saturated carbocycles. The third kappa shape index (κ3) is 3.72. The lowest BCUT2D eigenvalue weighted by Crippen LogP contribution is -2.30. The highest BCUT2D eigenvalue weighted by molar-refractivity contribution is 7.10. The fourth-order valence-corrected chi connectivity index (χ4v) is 3.42. The van der Waals surface area contributed by atoms with Crippen LogP contribution in [0.1, 0.15) is 16.5 Å². The fourth-order valence-electron chi connectivity index (χ4n) is 2.09. The molecule has 0 aliphatic carbocycles. The highest BCUT2D eigenvalue weighted by atomic mass is 32.1. The van der Waals surface area contributed by atoms with Gasteiger partial charge in [-0.1, -0.05) is 6.07 Å². The molecule has 1 N–H and O–H groups in total. The Hall–Kier alpha value is -2.18. The van der Waals surface area contributed by atoms with Gasteiger partial charge in [-0.05, 0) is 46.0 Å². The number of hydrogen-bond acceptors (Lipinski definition) is 4. The predicted molar refractivity (Wildman–Crippen MR) is 91.0 cm³/mol. The molecule has 3 rings (SSSR count). The zero-order chi connectivity index (χ0) is 15.2. The van der Waals surface area contributed by atoms with E-state index in [0.29, 0.717) is 6.54 Å². The number of amides is 1. The first-order valence-electron chi connectivity index (χ1n) is 6.83. The number of thiophene rings is 2. The summed E-state index contributed by atoms with van der Waals surface area (Å²) in [6.07, 6.45) is 7.06. The quantitative estimate of drug-likeness (QED) is 0.704. The lowest BCUT2D eigenvalue weighted by molar-refractivity contribution is -0.116. The molecule has 3 aromatic rings. The Morgan fingerprint density at radius 2 is 2.32 bits per heavy atom. The average Bonchev–Trinajstić information content (AvgIpc) is 3.27. The molecule has 6 heteroatoms. The van der Waals surface area contributed by atoms with Crippen molar-refractivity contribution in [3.05, 3.63) is 69.3 Å². The van der Waals surface area contributed by atoms with E-state index in [9.17, 15) is 4.79 Å². The van der Waals surface area contributed by atoms with E-state index in [1.54, 1.807) is 34.9 Å². The molecule has 0 aliphatic rings. The Bertz CT molecular complexity index is 681. The molecular formula is C16H15N3OS2. The molecule has 0 aliphatic heterocycles. The van der Waals surface area contributed by atoms with Crippen molar-refractivity contribution in [1.29, 1.82) is 0 Å². The van der Waals surface area contributed by atoms with E-state index in [1.807, 2.05) is 45.9 Å². The van der Waals surface area contributed by atoms with Gasteiger partial charge in [-0.2, -0.15) is 16.4 Å². The third-order valence-electron chi connectivity index (χ3n) is 3.18. The summed E-state index contributed by atoms with van der Waals surface area (Å²) >= 11 is 3.25. The van der Waals surface area contributed by atoms with Crippen molar-refractivity contribution < 1.29 is 4.79 Å². The first-order valence-corrected chi connectivity index (χ1v) is 8.66. The molecule has 3 aromatic heterocycles. The Morgan fingerprint density at radius 1 is 1.36 bits per heavy atom. The molecule has 0 aromatic carbocycles. The Balaban J connectivity index is 1.63. The maximum Gasteiger partial charge on any atom is 0.244 e. The molecule has 1 amide bonds. The lowest BCUT2D eigenvalue weighted by atomic mass is 10.1. The zero-order valence-corrected chi connectivity index (χ0v) is 13.4. The van der Waals surface area contributed by atoms with Crippen LogP contribution in [0.15, 0.2) is 58.9 Å². The normalized spacial score (nSPS) is 12.5. The molecule has 0 bridgehead atoms. The van der Waals surface area contributed by atoms with Crippen LogP contribution in [0.25, 0.3) is 6.08 Å². The van der Waals surface area contributed by atoms with Gasteiger partial charge < -0.3 is 5.32 Å².